The zero-order valence-corrected chi connectivity index (χ0v) is 15.9. The number of sulfonamides is 1. The van der Waals surface area contributed by atoms with Gasteiger partial charge in [-0.15, -0.1) is 0 Å². The number of anilines is 1. The first-order valence-corrected chi connectivity index (χ1v) is 9.80. The van der Waals surface area contributed by atoms with Crippen LogP contribution >= 0.6 is 0 Å². The van der Waals surface area contributed by atoms with Crippen molar-refractivity contribution in [3.8, 4) is 5.75 Å². The molecule has 0 aromatic heterocycles. The molecule has 0 radical (unpaired) electrons. The van der Waals surface area contributed by atoms with Crippen molar-refractivity contribution in [2.45, 2.75) is 24.2 Å². The molecule has 0 saturated heterocycles. The highest BCUT2D eigenvalue weighted by Gasteiger charge is 2.20. The summed E-state index contributed by atoms with van der Waals surface area (Å²) in [5.41, 5.74) is 3.36. The van der Waals surface area contributed by atoms with Crippen molar-refractivity contribution in [1.82, 2.24) is 4.31 Å². The second-order valence-electron chi connectivity index (χ2n) is 6.44. The van der Waals surface area contributed by atoms with E-state index in [4.69, 9.17) is 4.74 Å². The first kappa shape index (κ1) is 18.4. The van der Waals surface area contributed by atoms with Crippen LogP contribution in [0.25, 0.3) is 0 Å². The number of fused-ring (bicyclic) bond motifs is 1. The molecule has 0 bridgehead atoms. The summed E-state index contributed by atoms with van der Waals surface area (Å²) in [7, 11) is 0.788. The molecule has 3 rings (SSSR count). The third kappa shape index (κ3) is 3.45. The van der Waals surface area contributed by atoms with E-state index in [1.807, 2.05) is 12.1 Å². The molecule has 0 saturated carbocycles. The van der Waals surface area contributed by atoms with Crippen molar-refractivity contribution in [3.05, 3.63) is 53.1 Å². The Kier molecular flexibility index (Phi) is 5.02. The fourth-order valence-electron chi connectivity index (χ4n) is 3.06. The van der Waals surface area contributed by atoms with E-state index in [1.165, 1.54) is 50.5 Å². The molecular formula is C19H22N2O4S. The Labute approximate surface area is 153 Å². The van der Waals surface area contributed by atoms with E-state index >= 15 is 0 Å². The molecule has 1 N–H and O–H groups in total. The molecule has 2 aromatic carbocycles. The summed E-state index contributed by atoms with van der Waals surface area (Å²) in [4.78, 5) is 12.7. The van der Waals surface area contributed by atoms with Gasteiger partial charge < -0.3 is 10.1 Å². The van der Waals surface area contributed by atoms with E-state index in [-0.39, 0.29) is 10.8 Å². The van der Waals surface area contributed by atoms with Gasteiger partial charge in [0.2, 0.25) is 10.0 Å². The molecule has 6 nitrogen and oxygen atoms in total. The molecule has 26 heavy (non-hydrogen) atoms. The molecular weight excluding hydrogens is 352 g/mol. The van der Waals surface area contributed by atoms with Crippen LogP contribution in [0.3, 0.4) is 0 Å². The second kappa shape index (κ2) is 7.09. The van der Waals surface area contributed by atoms with Crippen molar-refractivity contribution < 1.29 is 17.9 Å². The van der Waals surface area contributed by atoms with Crippen LogP contribution in [0.4, 0.5) is 5.69 Å². The standard InChI is InChI=1S/C19H22N2O4S/c1-21(2)26(23,24)16-9-10-18(25-3)17(12-16)20-19(22)15-8-7-13-5-4-6-14(13)11-15/h7-12H,4-6H2,1-3H3,(H,20,22). The fraction of sp³-hybridized carbons (Fsp3) is 0.316. The molecule has 1 aliphatic rings. The average Bonchev–Trinajstić information content (AvgIpc) is 3.09. The lowest BCUT2D eigenvalue weighted by Gasteiger charge is -2.15. The smallest absolute Gasteiger partial charge is 0.255 e. The molecule has 0 unspecified atom stereocenters. The third-order valence-corrected chi connectivity index (χ3v) is 6.37. The summed E-state index contributed by atoms with van der Waals surface area (Å²) in [6, 6.07) is 10.1. The van der Waals surface area contributed by atoms with Gasteiger partial charge in [0.15, 0.2) is 0 Å². The number of nitrogens with zero attached hydrogens (tertiary/aromatic N) is 1. The Morgan fingerprint density at radius 3 is 2.50 bits per heavy atom. The first-order valence-electron chi connectivity index (χ1n) is 8.36. The average molecular weight is 374 g/mol. The van der Waals surface area contributed by atoms with Crippen LogP contribution in [0.1, 0.15) is 27.9 Å². The van der Waals surface area contributed by atoms with Gasteiger partial charge in [0.25, 0.3) is 5.91 Å². The number of aryl methyl sites for hydroxylation is 2. The number of hydrogen-bond acceptors (Lipinski definition) is 4. The predicted octanol–water partition coefficient (Wildman–Crippen LogP) is 2.69. The van der Waals surface area contributed by atoms with Crippen LogP contribution < -0.4 is 10.1 Å². The molecule has 0 spiro atoms. The second-order valence-corrected chi connectivity index (χ2v) is 8.59. The normalized spacial score (nSPS) is 13.5. The van der Waals surface area contributed by atoms with Crippen LogP contribution in [-0.2, 0) is 22.9 Å². The van der Waals surface area contributed by atoms with E-state index in [1.54, 1.807) is 6.07 Å². The van der Waals surface area contributed by atoms with Crippen molar-refractivity contribution in [2.24, 2.45) is 0 Å². The molecule has 0 fully saturated rings. The minimum Gasteiger partial charge on any atom is -0.495 e. The van der Waals surface area contributed by atoms with Crippen molar-refractivity contribution >= 4 is 21.6 Å². The number of ether oxygens (including phenoxy) is 1. The number of amides is 1. The lowest BCUT2D eigenvalue weighted by atomic mass is 10.1. The fourth-order valence-corrected chi connectivity index (χ4v) is 3.99. The topological polar surface area (TPSA) is 75.7 Å². The SMILES string of the molecule is COc1ccc(S(=O)(=O)N(C)C)cc1NC(=O)c1ccc2c(c1)CCC2. The highest BCUT2D eigenvalue weighted by molar-refractivity contribution is 7.89. The maximum absolute atomic E-state index is 12.7. The quantitative estimate of drug-likeness (QED) is 0.873. The predicted molar refractivity (Wildman–Crippen MR) is 100 cm³/mol. The van der Waals surface area contributed by atoms with E-state index in [2.05, 4.69) is 5.32 Å². The number of benzene rings is 2. The van der Waals surface area contributed by atoms with E-state index in [9.17, 15) is 13.2 Å². The zero-order valence-electron chi connectivity index (χ0n) is 15.1. The summed E-state index contributed by atoms with van der Waals surface area (Å²) in [6.07, 6.45) is 3.14. The summed E-state index contributed by atoms with van der Waals surface area (Å²) >= 11 is 0. The number of carbonyl (C=O) groups excluding carboxylic acids is 1. The van der Waals surface area contributed by atoms with Gasteiger partial charge in [-0.05, 0) is 60.7 Å². The molecule has 2 aromatic rings. The third-order valence-electron chi connectivity index (χ3n) is 4.56. The van der Waals surface area contributed by atoms with Crippen LogP contribution in [0.2, 0.25) is 0 Å². The number of carbonyl (C=O) groups is 1. The van der Waals surface area contributed by atoms with Gasteiger partial charge in [-0.25, -0.2) is 12.7 Å². The van der Waals surface area contributed by atoms with Crippen LogP contribution in [0.15, 0.2) is 41.3 Å². The van der Waals surface area contributed by atoms with Crippen molar-refractivity contribution in [2.75, 3.05) is 26.5 Å². The Balaban J connectivity index is 1.92. The molecule has 7 heteroatoms. The van der Waals surface area contributed by atoms with Crippen LogP contribution in [0, 0.1) is 0 Å². The van der Waals surface area contributed by atoms with Gasteiger partial charge >= 0.3 is 0 Å². The highest BCUT2D eigenvalue weighted by Crippen LogP contribution is 2.29. The Hall–Kier alpha value is -2.38. The number of hydrogen-bond donors (Lipinski definition) is 1. The minimum absolute atomic E-state index is 0.0903. The summed E-state index contributed by atoms with van der Waals surface area (Å²) < 4.78 is 31.1. The van der Waals surface area contributed by atoms with E-state index < -0.39 is 10.0 Å². The zero-order chi connectivity index (χ0) is 18.9. The van der Waals surface area contributed by atoms with Crippen molar-refractivity contribution in [3.63, 3.8) is 0 Å². The number of nitrogens with one attached hydrogen (secondary N) is 1. The summed E-state index contributed by atoms with van der Waals surface area (Å²) in [6.45, 7) is 0. The largest absolute Gasteiger partial charge is 0.495 e. The molecule has 0 aliphatic heterocycles. The Morgan fingerprint density at radius 2 is 1.81 bits per heavy atom. The lowest BCUT2D eigenvalue weighted by molar-refractivity contribution is 0.102. The number of methoxy groups -OCH3 is 1. The Bertz CT molecular complexity index is 952. The molecule has 1 amide bonds. The van der Waals surface area contributed by atoms with Crippen LogP contribution in [-0.4, -0.2) is 39.8 Å². The van der Waals surface area contributed by atoms with E-state index in [0.717, 1.165) is 23.6 Å². The maximum atomic E-state index is 12.7. The summed E-state index contributed by atoms with van der Waals surface area (Å²) in [5, 5.41) is 2.77. The van der Waals surface area contributed by atoms with Crippen LogP contribution in [0.5, 0.6) is 5.75 Å². The van der Waals surface area contributed by atoms with Gasteiger partial charge in [0, 0.05) is 19.7 Å². The van der Waals surface area contributed by atoms with E-state index in [0.29, 0.717) is 17.0 Å². The first-order chi connectivity index (χ1) is 12.3. The lowest BCUT2D eigenvalue weighted by Crippen LogP contribution is -2.22. The van der Waals surface area contributed by atoms with Gasteiger partial charge in [-0.1, -0.05) is 6.07 Å². The molecule has 1 aliphatic carbocycles. The van der Waals surface area contributed by atoms with Gasteiger partial charge in [-0.2, -0.15) is 0 Å². The Morgan fingerprint density at radius 1 is 1.08 bits per heavy atom. The molecule has 138 valence electrons. The minimum atomic E-state index is -3.61. The molecule has 0 atom stereocenters. The highest BCUT2D eigenvalue weighted by atomic mass is 32.2. The van der Waals surface area contributed by atoms with Crippen molar-refractivity contribution in [1.29, 1.82) is 0 Å². The maximum Gasteiger partial charge on any atom is 0.255 e. The number of rotatable bonds is 5. The monoisotopic (exact) mass is 374 g/mol. The van der Waals surface area contributed by atoms with Gasteiger partial charge in [0.05, 0.1) is 17.7 Å². The van der Waals surface area contributed by atoms with Gasteiger partial charge in [0.1, 0.15) is 5.75 Å². The van der Waals surface area contributed by atoms with Gasteiger partial charge in [-0.3, -0.25) is 4.79 Å². The molecule has 0 heterocycles. The summed E-state index contributed by atoms with van der Waals surface area (Å²) in [5.74, 6) is 0.106.